The molecule has 3 nitrogen and oxygen atoms in total. The Morgan fingerprint density at radius 3 is 2.84 bits per heavy atom. The average Bonchev–Trinajstić information content (AvgIpc) is 2.44. The lowest BCUT2D eigenvalue weighted by Gasteiger charge is -2.08. The van der Waals surface area contributed by atoms with Gasteiger partial charge in [0.05, 0.1) is 12.0 Å². The van der Waals surface area contributed by atoms with Crippen molar-refractivity contribution in [2.75, 3.05) is 0 Å². The Bertz CT molecular complexity index is 668. The van der Waals surface area contributed by atoms with Crippen LogP contribution in [0.1, 0.15) is 17.5 Å². The summed E-state index contributed by atoms with van der Waals surface area (Å²) in [6.45, 7) is 3.59. The van der Waals surface area contributed by atoms with Crippen molar-refractivity contribution < 1.29 is 9.53 Å². The number of ether oxygens (including phenoxy) is 1. The first-order valence-corrected chi connectivity index (χ1v) is 5.93. The van der Waals surface area contributed by atoms with Crippen molar-refractivity contribution in [2.45, 2.75) is 13.0 Å². The number of fused-ring (bicyclic) bond motifs is 1. The van der Waals surface area contributed by atoms with Crippen LogP contribution in [0.15, 0.2) is 49.1 Å². The van der Waals surface area contributed by atoms with Gasteiger partial charge in [-0.3, -0.25) is 4.79 Å². The van der Waals surface area contributed by atoms with Gasteiger partial charge in [0.25, 0.3) is 0 Å². The summed E-state index contributed by atoms with van der Waals surface area (Å²) in [5, 5.41) is 11.2. The number of carbonyl (C=O) groups excluding carboxylic acids is 1. The van der Waals surface area contributed by atoms with Gasteiger partial charge in [-0.05, 0) is 10.8 Å². The molecule has 0 aliphatic carbocycles. The fraction of sp³-hybridized carbons (Fsp3) is 0.125. The maximum atomic E-state index is 11.3. The third-order valence-electron chi connectivity index (χ3n) is 2.83. The monoisotopic (exact) mass is 251 g/mol. The number of rotatable bonds is 4. The largest absolute Gasteiger partial charge is 0.461 e. The second-order valence-electron chi connectivity index (χ2n) is 4.09. The van der Waals surface area contributed by atoms with Crippen molar-refractivity contribution in [1.82, 2.24) is 0 Å². The van der Waals surface area contributed by atoms with Crippen LogP contribution in [-0.4, -0.2) is 5.97 Å². The molecule has 0 unspecified atom stereocenters. The summed E-state index contributed by atoms with van der Waals surface area (Å²) in [4.78, 5) is 11.3. The molecular formula is C16H13NO2. The molecule has 0 amide bonds. The number of esters is 1. The standard InChI is InChI=1S/C16H13NO2/c1-2-5-16(18)19-11-13-9-8-12-6-3-4-7-14(12)15(13)10-17/h2-4,6-9H,1,5,11H2. The van der Waals surface area contributed by atoms with Crippen molar-refractivity contribution in [2.24, 2.45) is 0 Å². The van der Waals surface area contributed by atoms with E-state index in [1.807, 2.05) is 36.4 Å². The molecule has 0 saturated heterocycles. The minimum Gasteiger partial charge on any atom is -0.461 e. The van der Waals surface area contributed by atoms with Gasteiger partial charge in [0, 0.05) is 5.56 Å². The highest BCUT2D eigenvalue weighted by atomic mass is 16.5. The van der Waals surface area contributed by atoms with E-state index in [0.29, 0.717) is 5.56 Å². The molecule has 0 fully saturated rings. The van der Waals surface area contributed by atoms with E-state index >= 15 is 0 Å². The molecule has 2 rings (SSSR count). The Morgan fingerprint density at radius 2 is 2.11 bits per heavy atom. The van der Waals surface area contributed by atoms with Crippen LogP contribution in [0.3, 0.4) is 0 Å². The predicted octanol–water partition coefficient (Wildman–Crippen LogP) is 3.33. The van der Waals surface area contributed by atoms with E-state index in [0.717, 1.165) is 16.3 Å². The minimum absolute atomic E-state index is 0.112. The van der Waals surface area contributed by atoms with Crippen LogP contribution >= 0.6 is 0 Å². The van der Waals surface area contributed by atoms with E-state index in [4.69, 9.17) is 4.74 Å². The highest BCUT2D eigenvalue weighted by molar-refractivity contribution is 5.89. The number of carbonyl (C=O) groups is 1. The first-order chi connectivity index (χ1) is 9.26. The predicted molar refractivity (Wildman–Crippen MR) is 73.3 cm³/mol. The normalized spacial score (nSPS) is 9.84. The lowest BCUT2D eigenvalue weighted by molar-refractivity contribution is -0.143. The Kier molecular flexibility index (Phi) is 3.94. The van der Waals surface area contributed by atoms with Crippen LogP contribution in [-0.2, 0) is 16.1 Å². The zero-order chi connectivity index (χ0) is 13.7. The number of benzene rings is 2. The molecule has 0 bridgehead atoms. The van der Waals surface area contributed by atoms with Crippen molar-refractivity contribution in [1.29, 1.82) is 5.26 Å². The molecule has 0 atom stereocenters. The van der Waals surface area contributed by atoms with Crippen LogP contribution in [0, 0.1) is 11.3 Å². The number of nitrogens with zero attached hydrogens (tertiary/aromatic N) is 1. The molecule has 0 aliphatic heterocycles. The number of hydrogen-bond donors (Lipinski definition) is 0. The quantitative estimate of drug-likeness (QED) is 0.618. The molecule has 0 radical (unpaired) electrons. The van der Waals surface area contributed by atoms with Gasteiger partial charge >= 0.3 is 5.97 Å². The highest BCUT2D eigenvalue weighted by Crippen LogP contribution is 2.22. The molecule has 0 heterocycles. The smallest absolute Gasteiger partial charge is 0.309 e. The van der Waals surface area contributed by atoms with Crippen LogP contribution in [0.2, 0.25) is 0 Å². The lowest BCUT2D eigenvalue weighted by atomic mass is 10.0. The van der Waals surface area contributed by atoms with Crippen LogP contribution in [0.5, 0.6) is 0 Å². The molecule has 3 heteroatoms. The Morgan fingerprint density at radius 1 is 1.32 bits per heavy atom. The molecule has 0 saturated carbocycles. The summed E-state index contributed by atoms with van der Waals surface area (Å²) in [5.74, 6) is -0.341. The summed E-state index contributed by atoms with van der Waals surface area (Å²) >= 11 is 0. The Balaban J connectivity index is 2.31. The Hall–Kier alpha value is -2.60. The summed E-state index contributed by atoms with van der Waals surface area (Å²) in [5.41, 5.74) is 1.28. The average molecular weight is 251 g/mol. The zero-order valence-electron chi connectivity index (χ0n) is 10.4. The van der Waals surface area contributed by atoms with Crippen molar-refractivity contribution >= 4 is 16.7 Å². The van der Waals surface area contributed by atoms with Crippen LogP contribution in [0.4, 0.5) is 0 Å². The number of nitriles is 1. The van der Waals surface area contributed by atoms with Crippen LogP contribution < -0.4 is 0 Å². The molecule has 0 spiro atoms. The maximum absolute atomic E-state index is 11.3. The van der Waals surface area contributed by atoms with Crippen molar-refractivity contribution in [3.05, 3.63) is 60.2 Å². The van der Waals surface area contributed by atoms with Gasteiger partial charge in [-0.15, -0.1) is 6.58 Å². The van der Waals surface area contributed by atoms with Gasteiger partial charge in [-0.1, -0.05) is 42.5 Å². The van der Waals surface area contributed by atoms with Gasteiger partial charge in [0.2, 0.25) is 0 Å². The summed E-state index contributed by atoms with van der Waals surface area (Å²) in [6.07, 6.45) is 1.67. The Labute approximate surface area is 111 Å². The third-order valence-corrected chi connectivity index (χ3v) is 2.83. The molecule has 19 heavy (non-hydrogen) atoms. The summed E-state index contributed by atoms with van der Waals surface area (Å²) in [7, 11) is 0. The van der Waals surface area contributed by atoms with E-state index < -0.39 is 0 Å². The maximum Gasteiger partial charge on any atom is 0.309 e. The minimum atomic E-state index is -0.341. The van der Waals surface area contributed by atoms with Crippen molar-refractivity contribution in [3.63, 3.8) is 0 Å². The van der Waals surface area contributed by atoms with E-state index in [-0.39, 0.29) is 19.0 Å². The molecule has 2 aromatic rings. The van der Waals surface area contributed by atoms with E-state index in [1.54, 1.807) is 0 Å². The molecular weight excluding hydrogens is 238 g/mol. The zero-order valence-corrected chi connectivity index (χ0v) is 10.4. The second-order valence-corrected chi connectivity index (χ2v) is 4.09. The van der Waals surface area contributed by atoms with E-state index in [9.17, 15) is 10.1 Å². The van der Waals surface area contributed by atoms with Crippen LogP contribution in [0.25, 0.3) is 10.8 Å². The molecule has 0 aliphatic rings. The fourth-order valence-corrected chi connectivity index (χ4v) is 1.90. The highest BCUT2D eigenvalue weighted by Gasteiger charge is 2.09. The SMILES string of the molecule is C=CCC(=O)OCc1ccc2ccccc2c1C#N. The number of hydrogen-bond acceptors (Lipinski definition) is 3. The molecule has 2 aromatic carbocycles. The van der Waals surface area contributed by atoms with E-state index in [2.05, 4.69) is 12.6 Å². The van der Waals surface area contributed by atoms with E-state index in [1.165, 1.54) is 6.08 Å². The molecule has 0 aromatic heterocycles. The van der Waals surface area contributed by atoms with Gasteiger partial charge < -0.3 is 4.74 Å². The van der Waals surface area contributed by atoms with Gasteiger partial charge in [0.1, 0.15) is 12.7 Å². The third kappa shape index (κ3) is 2.80. The second kappa shape index (κ2) is 5.83. The van der Waals surface area contributed by atoms with Crippen molar-refractivity contribution in [3.8, 4) is 6.07 Å². The van der Waals surface area contributed by atoms with Gasteiger partial charge in [-0.2, -0.15) is 5.26 Å². The summed E-state index contributed by atoms with van der Waals surface area (Å²) < 4.78 is 5.10. The lowest BCUT2D eigenvalue weighted by Crippen LogP contribution is -2.04. The van der Waals surface area contributed by atoms with Gasteiger partial charge in [0.15, 0.2) is 0 Å². The summed E-state index contributed by atoms with van der Waals surface area (Å²) in [6, 6.07) is 13.6. The topological polar surface area (TPSA) is 50.1 Å². The molecule has 94 valence electrons. The van der Waals surface area contributed by atoms with Gasteiger partial charge in [-0.25, -0.2) is 0 Å². The first kappa shape index (κ1) is 12.8. The molecule has 0 N–H and O–H groups in total. The first-order valence-electron chi connectivity index (χ1n) is 5.93. The fourth-order valence-electron chi connectivity index (χ4n) is 1.90.